The van der Waals surface area contributed by atoms with Crippen LogP contribution in [0.1, 0.15) is 41.0 Å². The topological polar surface area (TPSA) is 70.2 Å². The summed E-state index contributed by atoms with van der Waals surface area (Å²) in [6.07, 6.45) is 0.830. The predicted molar refractivity (Wildman–Crippen MR) is 80.2 cm³/mol. The first kappa shape index (κ1) is 17.0. The third-order valence-corrected chi connectivity index (χ3v) is 4.17. The summed E-state index contributed by atoms with van der Waals surface area (Å²) in [6.45, 7) is 12.1. The average molecular weight is 283 g/mol. The maximum absolute atomic E-state index is 12.5. The van der Waals surface area contributed by atoms with Gasteiger partial charge in [-0.05, 0) is 31.7 Å². The Morgan fingerprint density at radius 3 is 2.30 bits per heavy atom. The summed E-state index contributed by atoms with van der Waals surface area (Å²) in [5.74, 6) is 0.535. The molecule has 0 aromatic rings. The van der Waals surface area contributed by atoms with Crippen molar-refractivity contribution in [2.45, 2.75) is 47.1 Å². The van der Waals surface area contributed by atoms with Crippen molar-refractivity contribution >= 4 is 11.8 Å². The van der Waals surface area contributed by atoms with Crippen LogP contribution < -0.4 is 16.0 Å². The van der Waals surface area contributed by atoms with Crippen molar-refractivity contribution in [3.8, 4) is 0 Å². The van der Waals surface area contributed by atoms with E-state index in [1.54, 1.807) is 6.92 Å². The number of rotatable bonds is 6. The summed E-state index contributed by atoms with van der Waals surface area (Å²) in [7, 11) is 0. The molecular formula is C15H29N3O2. The van der Waals surface area contributed by atoms with Gasteiger partial charge in [-0.15, -0.1) is 0 Å². The van der Waals surface area contributed by atoms with Crippen molar-refractivity contribution in [1.82, 2.24) is 16.0 Å². The van der Waals surface area contributed by atoms with Crippen molar-refractivity contribution in [3.05, 3.63) is 0 Å². The highest BCUT2D eigenvalue weighted by Crippen LogP contribution is 2.34. The van der Waals surface area contributed by atoms with Gasteiger partial charge in [0.25, 0.3) is 0 Å². The van der Waals surface area contributed by atoms with E-state index in [9.17, 15) is 9.59 Å². The summed E-state index contributed by atoms with van der Waals surface area (Å²) in [6, 6.07) is -0.488. The lowest BCUT2D eigenvalue weighted by atomic mass is 9.75. The minimum Gasteiger partial charge on any atom is -0.354 e. The molecule has 0 radical (unpaired) electrons. The van der Waals surface area contributed by atoms with E-state index in [2.05, 4.69) is 29.8 Å². The zero-order valence-corrected chi connectivity index (χ0v) is 13.4. The van der Waals surface area contributed by atoms with Crippen LogP contribution >= 0.6 is 0 Å². The number of hydrogen-bond donors (Lipinski definition) is 3. The highest BCUT2D eigenvalue weighted by atomic mass is 16.2. The molecule has 0 aliphatic carbocycles. The lowest BCUT2D eigenvalue weighted by molar-refractivity contribution is -0.136. The molecule has 1 fully saturated rings. The van der Waals surface area contributed by atoms with Crippen molar-refractivity contribution in [2.24, 2.45) is 17.3 Å². The van der Waals surface area contributed by atoms with E-state index >= 15 is 0 Å². The maximum atomic E-state index is 12.5. The molecule has 0 aromatic carbocycles. The molecule has 0 saturated carbocycles. The summed E-state index contributed by atoms with van der Waals surface area (Å²) >= 11 is 0. The Bertz CT molecular complexity index is 347. The van der Waals surface area contributed by atoms with Crippen LogP contribution in [0.25, 0.3) is 0 Å². The zero-order valence-electron chi connectivity index (χ0n) is 13.4. The molecule has 2 amide bonds. The smallest absolute Gasteiger partial charge is 0.242 e. The molecule has 1 aliphatic rings. The van der Waals surface area contributed by atoms with E-state index in [0.717, 1.165) is 13.0 Å². The number of carbonyl (C=O) groups excluding carboxylic acids is 2. The van der Waals surface area contributed by atoms with Crippen molar-refractivity contribution in [1.29, 1.82) is 0 Å². The van der Waals surface area contributed by atoms with Crippen LogP contribution in [0.4, 0.5) is 0 Å². The van der Waals surface area contributed by atoms with Crippen LogP contribution in [0, 0.1) is 17.3 Å². The third-order valence-electron chi connectivity index (χ3n) is 4.17. The summed E-state index contributed by atoms with van der Waals surface area (Å²) in [5.41, 5.74) is -0.382. The Balaban J connectivity index is 2.58. The van der Waals surface area contributed by atoms with E-state index in [0.29, 0.717) is 19.0 Å². The van der Waals surface area contributed by atoms with Gasteiger partial charge < -0.3 is 16.0 Å². The molecule has 0 spiro atoms. The molecule has 5 heteroatoms. The van der Waals surface area contributed by atoms with Crippen LogP contribution in [-0.4, -0.2) is 37.5 Å². The quantitative estimate of drug-likeness (QED) is 0.678. The normalized spacial score (nSPS) is 23.9. The van der Waals surface area contributed by atoms with Crippen LogP contribution in [0.15, 0.2) is 0 Å². The van der Waals surface area contributed by atoms with Crippen LogP contribution in [0.5, 0.6) is 0 Å². The molecule has 1 heterocycles. The van der Waals surface area contributed by atoms with Crippen LogP contribution in [0.3, 0.4) is 0 Å². The predicted octanol–water partition coefficient (Wildman–Crippen LogP) is 0.899. The van der Waals surface area contributed by atoms with Crippen LogP contribution in [-0.2, 0) is 9.59 Å². The summed E-state index contributed by atoms with van der Waals surface area (Å²) in [4.78, 5) is 24.5. The van der Waals surface area contributed by atoms with Gasteiger partial charge in [-0.2, -0.15) is 0 Å². The van der Waals surface area contributed by atoms with Crippen molar-refractivity contribution in [3.63, 3.8) is 0 Å². The van der Waals surface area contributed by atoms with Crippen LogP contribution in [0.2, 0.25) is 0 Å². The Labute approximate surface area is 122 Å². The van der Waals surface area contributed by atoms with Gasteiger partial charge in [-0.25, -0.2) is 0 Å². The Morgan fingerprint density at radius 1 is 1.20 bits per heavy atom. The van der Waals surface area contributed by atoms with Crippen molar-refractivity contribution < 1.29 is 9.59 Å². The largest absolute Gasteiger partial charge is 0.354 e. The van der Waals surface area contributed by atoms with Gasteiger partial charge in [0.15, 0.2) is 0 Å². The Morgan fingerprint density at radius 2 is 1.85 bits per heavy atom. The second kappa shape index (κ2) is 7.07. The minimum atomic E-state index is -0.488. The SMILES string of the molecule is CC(C)CNC(=O)C(C)NC(=O)C1(C(C)C)CCNC1. The van der Waals surface area contributed by atoms with E-state index in [1.165, 1.54) is 0 Å². The average Bonchev–Trinajstić information content (AvgIpc) is 2.86. The van der Waals surface area contributed by atoms with E-state index in [-0.39, 0.29) is 23.1 Å². The summed E-state index contributed by atoms with van der Waals surface area (Å²) < 4.78 is 0. The summed E-state index contributed by atoms with van der Waals surface area (Å²) in [5, 5.41) is 8.98. The number of carbonyl (C=O) groups is 2. The zero-order chi connectivity index (χ0) is 15.3. The van der Waals surface area contributed by atoms with Crippen molar-refractivity contribution in [2.75, 3.05) is 19.6 Å². The van der Waals surface area contributed by atoms with Gasteiger partial charge in [0.1, 0.15) is 6.04 Å². The third kappa shape index (κ3) is 3.95. The first-order valence-corrected chi connectivity index (χ1v) is 7.59. The van der Waals surface area contributed by atoms with E-state index in [1.807, 2.05) is 13.8 Å². The first-order chi connectivity index (χ1) is 9.29. The molecule has 5 nitrogen and oxygen atoms in total. The maximum Gasteiger partial charge on any atom is 0.242 e. The first-order valence-electron chi connectivity index (χ1n) is 7.59. The highest BCUT2D eigenvalue weighted by molar-refractivity contribution is 5.90. The second-order valence-corrected chi connectivity index (χ2v) is 6.57. The molecule has 1 aliphatic heterocycles. The number of nitrogens with one attached hydrogen (secondary N) is 3. The van der Waals surface area contributed by atoms with Gasteiger partial charge >= 0.3 is 0 Å². The molecule has 0 bridgehead atoms. The van der Waals surface area contributed by atoms with Gasteiger partial charge in [-0.1, -0.05) is 27.7 Å². The lowest BCUT2D eigenvalue weighted by Crippen LogP contribution is -2.53. The Kier molecular flexibility index (Phi) is 5.99. The van der Waals surface area contributed by atoms with Gasteiger partial charge in [-0.3, -0.25) is 9.59 Å². The molecule has 116 valence electrons. The molecule has 20 heavy (non-hydrogen) atoms. The molecule has 1 rings (SSSR count). The Hall–Kier alpha value is -1.10. The monoisotopic (exact) mass is 283 g/mol. The standard InChI is InChI=1S/C15H29N3O2/c1-10(2)8-17-13(19)12(5)18-14(20)15(11(3)4)6-7-16-9-15/h10-12,16H,6-9H2,1-5H3,(H,17,19)(H,18,20). The van der Waals surface area contributed by atoms with Gasteiger partial charge in [0.2, 0.25) is 11.8 Å². The van der Waals surface area contributed by atoms with E-state index in [4.69, 9.17) is 0 Å². The number of amides is 2. The second-order valence-electron chi connectivity index (χ2n) is 6.57. The number of hydrogen-bond acceptors (Lipinski definition) is 3. The van der Waals surface area contributed by atoms with E-state index < -0.39 is 6.04 Å². The van der Waals surface area contributed by atoms with Gasteiger partial charge in [0.05, 0.1) is 5.41 Å². The molecule has 2 atom stereocenters. The molecule has 1 saturated heterocycles. The molecule has 3 N–H and O–H groups in total. The molecular weight excluding hydrogens is 254 g/mol. The molecule has 2 unspecified atom stereocenters. The fourth-order valence-electron chi connectivity index (χ4n) is 2.52. The highest BCUT2D eigenvalue weighted by Gasteiger charge is 2.44. The van der Waals surface area contributed by atoms with Gasteiger partial charge in [0, 0.05) is 13.1 Å². The fourth-order valence-corrected chi connectivity index (χ4v) is 2.52. The lowest BCUT2D eigenvalue weighted by Gasteiger charge is -2.32. The fraction of sp³-hybridized carbons (Fsp3) is 0.867. The minimum absolute atomic E-state index is 0.00954. The molecule has 0 aromatic heterocycles.